The number of nitrogens with two attached hydrogens (primary N) is 1. The molecule has 0 aliphatic heterocycles. The second kappa shape index (κ2) is 5.64. The third-order valence-corrected chi connectivity index (χ3v) is 3.71. The van der Waals surface area contributed by atoms with Crippen molar-refractivity contribution in [3.8, 4) is 0 Å². The third-order valence-electron chi connectivity index (χ3n) is 3.11. The SMILES string of the molecule is CCC(CC)(CN)Nc1ncc(C)cc1Br. The molecule has 0 unspecified atom stereocenters. The first-order valence-electron chi connectivity index (χ1n) is 5.67. The molecule has 0 amide bonds. The molecule has 0 fully saturated rings. The molecular formula is C12H20BrN3. The van der Waals surface area contributed by atoms with Crippen LogP contribution in [0.4, 0.5) is 5.82 Å². The molecule has 0 atom stereocenters. The smallest absolute Gasteiger partial charge is 0.140 e. The van der Waals surface area contributed by atoms with Gasteiger partial charge in [-0.05, 0) is 47.3 Å². The number of nitrogens with one attached hydrogen (secondary N) is 1. The molecule has 0 radical (unpaired) electrons. The van der Waals surface area contributed by atoms with Crippen molar-refractivity contribution < 1.29 is 0 Å². The van der Waals surface area contributed by atoms with Gasteiger partial charge in [-0.1, -0.05) is 13.8 Å². The van der Waals surface area contributed by atoms with Crippen LogP contribution in [0.5, 0.6) is 0 Å². The van der Waals surface area contributed by atoms with Crippen molar-refractivity contribution in [2.24, 2.45) is 5.73 Å². The van der Waals surface area contributed by atoms with E-state index in [1.807, 2.05) is 13.1 Å². The molecular weight excluding hydrogens is 266 g/mol. The van der Waals surface area contributed by atoms with Gasteiger partial charge in [-0.3, -0.25) is 0 Å². The fraction of sp³-hybridized carbons (Fsp3) is 0.583. The summed E-state index contributed by atoms with van der Waals surface area (Å²) in [6.45, 7) is 6.93. The van der Waals surface area contributed by atoms with Crippen molar-refractivity contribution in [1.29, 1.82) is 0 Å². The van der Waals surface area contributed by atoms with Gasteiger partial charge in [0.15, 0.2) is 0 Å². The molecule has 3 N–H and O–H groups in total. The molecule has 4 heteroatoms. The molecule has 0 saturated carbocycles. The van der Waals surface area contributed by atoms with Crippen LogP contribution in [-0.2, 0) is 0 Å². The second-order valence-electron chi connectivity index (χ2n) is 4.16. The van der Waals surface area contributed by atoms with E-state index in [0.717, 1.165) is 28.7 Å². The fourth-order valence-corrected chi connectivity index (χ4v) is 2.21. The minimum absolute atomic E-state index is 0.0508. The molecule has 1 heterocycles. The Kier molecular flexibility index (Phi) is 4.74. The Bertz CT molecular complexity index is 340. The number of halogens is 1. The van der Waals surface area contributed by atoms with Crippen LogP contribution in [0.15, 0.2) is 16.7 Å². The summed E-state index contributed by atoms with van der Waals surface area (Å²) in [4.78, 5) is 4.39. The van der Waals surface area contributed by atoms with Gasteiger partial charge in [0.1, 0.15) is 5.82 Å². The van der Waals surface area contributed by atoms with Crippen LogP contribution in [0.1, 0.15) is 32.3 Å². The van der Waals surface area contributed by atoms with E-state index in [0.29, 0.717) is 6.54 Å². The van der Waals surface area contributed by atoms with Crippen LogP contribution in [0.3, 0.4) is 0 Å². The third kappa shape index (κ3) is 2.95. The van der Waals surface area contributed by atoms with Crippen molar-refractivity contribution in [3.63, 3.8) is 0 Å². The van der Waals surface area contributed by atoms with Gasteiger partial charge in [0.25, 0.3) is 0 Å². The van der Waals surface area contributed by atoms with Crippen LogP contribution >= 0.6 is 15.9 Å². The van der Waals surface area contributed by atoms with Crippen LogP contribution in [0.25, 0.3) is 0 Å². The highest BCUT2D eigenvalue weighted by atomic mass is 79.9. The molecule has 1 rings (SSSR count). The molecule has 0 aliphatic rings. The highest BCUT2D eigenvalue weighted by molar-refractivity contribution is 9.10. The molecule has 90 valence electrons. The quantitative estimate of drug-likeness (QED) is 0.874. The summed E-state index contributed by atoms with van der Waals surface area (Å²) in [5.41, 5.74) is 6.94. The Hall–Kier alpha value is -0.610. The zero-order chi connectivity index (χ0) is 12.2. The van der Waals surface area contributed by atoms with E-state index in [2.05, 4.69) is 46.1 Å². The molecule has 1 aromatic rings. The zero-order valence-corrected chi connectivity index (χ0v) is 11.8. The predicted octanol–water partition coefficient (Wildman–Crippen LogP) is 3.08. The van der Waals surface area contributed by atoms with Crippen molar-refractivity contribution in [2.45, 2.75) is 39.2 Å². The van der Waals surface area contributed by atoms with Crippen LogP contribution < -0.4 is 11.1 Å². The van der Waals surface area contributed by atoms with Crippen LogP contribution in [-0.4, -0.2) is 17.1 Å². The average Bonchev–Trinajstić information content (AvgIpc) is 2.29. The molecule has 3 nitrogen and oxygen atoms in total. The van der Waals surface area contributed by atoms with Crippen molar-refractivity contribution >= 4 is 21.7 Å². The lowest BCUT2D eigenvalue weighted by Gasteiger charge is -2.32. The van der Waals surface area contributed by atoms with E-state index >= 15 is 0 Å². The number of hydrogen-bond donors (Lipinski definition) is 2. The van der Waals surface area contributed by atoms with Crippen molar-refractivity contribution in [2.75, 3.05) is 11.9 Å². The normalized spacial score (nSPS) is 11.6. The van der Waals surface area contributed by atoms with E-state index in [-0.39, 0.29) is 5.54 Å². The van der Waals surface area contributed by atoms with Crippen molar-refractivity contribution in [3.05, 3.63) is 22.3 Å². The first-order valence-corrected chi connectivity index (χ1v) is 6.46. The molecule has 16 heavy (non-hydrogen) atoms. The summed E-state index contributed by atoms with van der Waals surface area (Å²) >= 11 is 3.52. The van der Waals surface area contributed by atoms with Gasteiger partial charge in [0, 0.05) is 12.7 Å². The Morgan fingerprint density at radius 2 is 2.06 bits per heavy atom. The summed E-state index contributed by atoms with van der Waals surface area (Å²) in [6.07, 6.45) is 3.84. The number of nitrogens with zero attached hydrogens (tertiary/aromatic N) is 1. The average molecular weight is 286 g/mol. The maximum atomic E-state index is 5.85. The van der Waals surface area contributed by atoms with Crippen LogP contribution in [0.2, 0.25) is 0 Å². The summed E-state index contributed by atoms with van der Waals surface area (Å²) < 4.78 is 0.993. The standard InChI is InChI=1S/C12H20BrN3/c1-4-12(5-2,8-14)16-11-10(13)6-9(3)7-15-11/h6-7H,4-5,8,14H2,1-3H3,(H,15,16). The Balaban J connectivity index is 2.93. The van der Waals surface area contributed by atoms with E-state index in [4.69, 9.17) is 5.73 Å². The van der Waals surface area contributed by atoms with Gasteiger partial charge in [0.2, 0.25) is 0 Å². The fourth-order valence-electron chi connectivity index (χ4n) is 1.64. The molecule has 0 saturated heterocycles. The van der Waals surface area contributed by atoms with Gasteiger partial charge in [-0.2, -0.15) is 0 Å². The molecule has 0 bridgehead atoms. The topological polar surface area (TPSA) is 50.9 Å². The maximum absolute atomic E-state index is 5.85. The van der Waals surface area contributed by atoms with Gasteiger partial charge in [-0.15, -0.1) is 0 Å². The van der Waals surface area contributed by atoms with E-state index in [1.165, 1.54) is 0 Å². The van der Waals surface area contributed by atoms with E-state index in [9.17, 15) is 0 Å². The van der Waals surface area contributed by atoms with Gasteiger partial charge >= 0.3 is 0 Å². The van der Waals surface area contributed by atoms with Crippen molar-refractivity contribution in [1.82, 2.24) is 4.98 Å². The summed E-state index contributed by atoms with van der Waals surface area (Å²) in [7, 11) is 0. The van der Waals surface area contributed by atoms with Crippen LogP contribution in [0, 0.1) is 6.92 Å². The highest BCUT2D eigenvalue weighted by Crippen LogP contribution is 2.26. The number of pyridine rings is 1. The maximum Gasteiger partial charge on any atom is 0.140 e. The second-order valence-corrected chi connectivity index (χ2v) is 5.01. The minimum Gasteiger partial charge on any atom is -0.362 e. The monoisotopic (exact) mass is 285 g/mol. The largest absolute Gasteiger partial charge is 0.362 e. The predicted molar refractivity (Wildman–Crippen MR) is 72.7 cm³/mol. The summed E-state index contributed by atoms with van der Waals surface area (Å²) in [5, 5.41) is 3.45. The Labute approximate surface area is 106 Å². The number of aromatic nitrogens is 1. The van der Waals surface area contributed by atoms with Gasteiger partial charge in [-0.25, -0.2) is 4.98 Å². The first-order chi connectivity index (χ1) is 7.56. The summed E-state index contributed by atoms with van der Waals surface area (Å²) in [5.74, 6) is 0.875. The number of anilines is 1. The Morgan fingerprint density at radius 3 is 2.50 bits per heavy atom. The lowest BCUT2D eigenvalue weighted by atomic mass is 9.93. The number of aryl methyl sites for hydroxylation is 1. The number of hydrogen-bond acceptors (Lipinski definition) is 3. The lowest BCUT2D eigenvalue weighted by Crippen LogP contribution is -2.44. The van der Waals surface area contributed by atoms with E-state index < -0.39 is 0 Å². The Morgan fingerprint density at radius 1 is 1.44 bits per heavy atom. The van der Waals surface area contributed by atoms with Gasteiger partial charge < -0.3 is 11.1 Å². The molecule has 0 aliphatic carbocycles. The molecule has 0 spiro atoms. The minimum atomic E-state index is -0.0508. The van der Waals surface area contributed by atoms with Gasteiger partial charge in [0.05, 0.1) is 10.0 Å². The summed E-state index contributed by atoms with van der Waals surface area (Å²) in [6, 6.07) is 2.06. The molecule has 0 aromatic carbocycles. The highest BCUT2D eigenvalue weighted by Gasteiger charge is 2.25. The lowest BCUT2D eigenvalue weighted by molar-refractivity contribution is 0.443. The zero-order valence-electron chi connectivity index (χ0n) is 10.2. The first kappa shape index (κ1) is 13.5. The molecule has 1 aromatic heterocycles. The van der Waals surface area contributed by atoms with E-state index in [1.54, 1.807) is 0 Å². The number of rotatable bonds is 5.